The van der Waals surface area contributed by atoms with Crippen LogP contribution in [-0.4, -0.2) is 50.5 Å². The highest BCUT2D eigenvalue weighted by Gasteiger charge is 2.32. The quantitative estimate of drug-likeness (QED) is 0.256. The van der Waals surface area contributed by atoms with Crippen molar-refractivity contribution in [3.63, 3.8) is 0 Å². The largest absolute Gasteiger partial charge is 0.354 e. The monoisotopic (exact) mass is 653 g/mol. The van der Waals surface area contributed by atoms with Crippen molar-refractivity contribution < 1.29 is 18.0 Å². The Bertz CT molecular complexity index is 1110. The average Bonchev–Trinajstić information content (AvgIpc) is 2.79. The van der Waals surface area contributed by atoms with Gasteiger partial charge in [0.2, 0.25) is 21.8 Å². The van der Waals surface area contributed by atoms with Gasteiger partial charge in [0.15, 0.2) is 0 Å². The van der Waals surface area contributed by atoms with Gasteiger partial charge in [0.25, 0.3) is 0 Å². The zero-order valence-corrected chi connectivity index (χ0v) is 24.4. The molecule has 7 nitrogen and oxygen atoms in total. The lowest BCUT2D eigenvalue weighted by molar-refractivity contribution is -0.140. The lowest BCUT2D eigenvalue weighted by Gasteiger charge is -2.33. The third kappa shape index (κ3) is 8.51. The molecule has 2 aromatic rings. The Morgan fingerprint density at radius 3 is 2.17 bits per heavy atom. The summed E-state index contributed by atoms with van der Waals surface area (Å²) in [5.41, 5.74) is 0.849. The maximum atomic E-state index is 13.7. The predicted octanol–water partition coefficient (Wildman–Crippen LogP) is 5.09. The number of carbonyl (C=O) groups excluding carboxylic acids is 2. The number of carbonyl (C=O) groups is 2. The third-order valence-electron chi connectivity index (χ3n) is 5.40. The van der Waals surface area contributed by atoms with Crippen molar-refractivity contribution in [3.8, 4) is 0 Å². The van der Waals surface area contributed by atoms with Gasteiger partial charge in [-0.3, -0.25) is 13.9 Å². The Hall–Kier alpha value is -1.56. The molecule has 0 fully saturated rings. The molecule has 1 N–H and O–H groups in total. The Morgan fingerprint density at radius 2 is 1.66 bits per heavy atom. The molecule has 2 aromatic carbocycles. The summed E-state index contributed by atoms with van der Waals surface area (Å²) in [6.45, 7) is 3.79. The van der Waals surface area contributed by atoms with Crippen LogP contribution in [0.1, 0.15) is 38.7 Å². The second-order valence-electron chi connectivity index (χ2n) is 8.04. The van der Waals surface area contributed by atoms with Crippen molar-refractivity contribution in [3.05, 3.63) is 61.6 Å². The molecule has 0 aliphatic rings. The van der Waals surface area contributed by atoms with Gasteiger partial charge in [0.05, 0.1) is 11.9 Å². The SMILES string of the molecule is CCCCNC(=O)[C@H](CC)N(Cc1c(Cl)cccc1Cl)C(=O)CN(c1ccc(I)cc1)S(C)(=O)=O. The molecule has 2 amide bonds. The van der Waals surface area contributed by atoms with Crippen LogP contribution < -0.4 is 9.62 Å². The second kappa shape index (κ2) is 13.7. The molecule has 11 heteroatoms. The van der Waals surface area contributed by atoms with Crippen molar-refractivity contribution >= 4 is 73.3 Å². The summed E-state index contributed by atoms with van der Waals surface area (Å²) in [7, 11) is -3.79. The number of benzene rings is 2. The van der Waals surface area contributed by atoms with E-state index in [9.17, 15) is 18.0 Å². The van der Waals surface area contributed by atoms with E-state index in [4.69, 9.17) is 23.2 Å². The first-order valence-electron chi connectivity index (χ1n) is 11.2. The zero-order valence-electron chi connectivity index (χ0n) is 19.9. The number of sulfonamides is 1. The van der Waals surface area contributed by atoms with Gasteiger partial charge >= 0.3 is 0 Å². The maximum Gasteiger partial charge on any atom is 0.244 e. The first-order chi connectivity index (χ1) is 16.5. The second-order valence-corrected chi connectivity index (χ2v) is 12.0. The number of rotatable bonds is 12. The molecule has 2 rings (SSSR count). The molecule has 0 radical (unpaired) electrons. The van der Waals surface area contributed by atoms with Gasteiger partial charge in [0.1, 0.15) is 12.6 Å². The van der Waals surface area contributed by atoms with Crippen molar-refractivity contribution in [2.45, 2.75) is 45.7 Å². The minimum Gasteiger partial charge on any atom is -0.354 e. The fourth-order valence-corrected chi connectivity index (χ4v) is 5.23. The molecule has 0 heterocycles. The predicted molar refractivity (Wildman–Crippen MR) is 150 cm³/mol. The van der Waals surface area contributed by atoms with Crippen LogP contribution in [0, 0.1) is 3.57 Å². The van der Waals surface area contributed by atoms with Gasteiger partial charge in [-0.25, -0.2) is 8.42 Å². The highest BCUT2D eigenvalue weighted by molar-refractivity contribution is 14.1. The van der Waals surface area contributed by atoms with Gasteiger partial charge in [-0.05, 0) is 71.8 Å². The molecule has 0 spiro atoms. The van der Waals surface area contributed by atoms with E-state index in [2.05, 4.69) is 27.9 Å². The van der Waals surface area contributed by atoms with Gasteiger partial charge in [0, 0.05) is 32.3 Å². The molecular formula is C24H30Cl2IN3O4S. The highest BCUT2D eigenvalue weighted by atomic mass is 127. The summed E-state index contributed by atoms with van der Waals surface area (Å²) < 4.78 is 27.2. The Labute approximate surface area is 231 Å². The number of hydrogen-bond donors (Lipinski definition) is 1. The fourth-order valence-electron chi connectivity index (χ4n) is 3.50. The van der Waals surface area contributed by atoms with Crippen LogP contribution in [0.4, 0.5) is 5.69 Å². The summed E-state index contributed by atoms with van der Waals surface area (Å²) in [6.07, 6.45) is 3.09. The van der Waals surface area contributed by atoms with Crippen LogP contribution in [0.5, 0.6) is 0 Å². The van der Waals surface area contributed by atoms with Crippen LogP contribution in [0.2, 0.25) is 10.0 Å². The van der Waals surface area contributed by atoms with E-state index in [0.29, 0.717) is 34.3 Å². The van der Waals surface area contributed by atoms with Gasteiger partial charge < -0.3 is 10.2 Å². The summed E-state index contributed by atoms with van der Waals surface area (Å²) >= 11 is 14.9. The maximum absolute atomic E-state index is 13.7. The number of amides is 2. The van der Waals surface area contributed by atoms with Crippen LogP contribution in [0.15, 0.2) is 42.5 Å². The van der Waals surface area contributed by atoms with E-state index < -0.39 is 28.5 Å². The van der Waals surface area contributed by atoms with E-state index in [1.807, 2.05) is 6.92 Å². The minimum absolute atomic E-state index is 0.0403. The third-order valence-corrected chi connectivity index (χ3v) is 7.97. The van der Waals surface area contributed by atoms with Crippen molar-refractivity contribution in [1.82, 2.24) is 10.2 Å². The lowest BCUT2D eigenvalue weighted by Crippen LogP contribution is -2.52. The van der Waals surface area contributed by atoms with E-state index in [0.717, 1.165) is 27.0 Å². The van der Waals surface area contributed by atoms with Crippen molar-refractivity contribution in [2.24, 2.45) is 0 Å². The number of hydrogen-bond acceptors (Lipinski definition) is 4. The van der Waals surface area contributed by atoms with Crippen molar-refractivity contribution in [2.75, 3.05) is 23.7 Å². The summed E-state index contributed by atoms with van der Waals surface area (Å²) in [5, 5.41) is 3.59. The molecule has 192 valence electrons. The normalized spacial score (nSPS) is 12.2. The van der Waals surface area contributed by atoms with Gasteiger partial charge in [-0.1, -0.05) is 49.5 Å². The minimum atomic E-state index is -3.79. The Kier molecular flexibility index (Phi) is 11.6. The summed E-state index contributed by atoms with van der Waals surface area (Å²) in [4.78, 5) is 28.1. The molecule has 0 unspecified atom stereocenters. The number of unbranched alkanes of at least 4 members (excludes halogenated alkanes) is 1. The van der Waals surface area contributed by atoms with E-state index in [1.54, 1.807) is 49.4 Å². The van der Waals surface area contributed by atoms with E-state index >= 15 is 0 Å². The molecule has 35 heavy (non-hydrogen) atoms. The molecule has 0 aromatic heterocycles. The van der Waals surface area contributed by atoms with Gasteiger partial charge in [-0.15, -0.1) is 0 Å². The van der Waals surface area contributed by atoms with Crippen LogP contribution in [-0.2, 0) is 26.2 Å². The molecule has 0 bridgehead atoms. The smallest absolute Gasteiger partial charge is 0.244 e. The number of nitrogens with one attached hydrogen (secondary N) is 1. The molecule has 1 atom stereocenters. The number of anilines is 1. The average molecular weight is 654 g/mol. The van der Waals surface area contributed by atoms with Crippen LogP contribution in [0.3, 0.4) is 0 Å². The molecule has 0 saturated heterocycles. The zero-order chi connectivity index (χ0) is 26.2. The van der Waals surface area contributed by atoms with Crippen LogP contribution in [0.25, 0.3) is 0 Å². The molecular weight excluding hydrogens is 624 g/mol. The van der Waals surface area contributed by atoms with Crippen LogP contribution >= 0.6 is 45.8 Å². The van der Waals surface area contributed by atoms with Gasteiger partial charge in [-0.2, -0.15) is 0 Å². The number of halogens is 3. The Balaban J connectivity index is 2.45. The lowest BCUT2D eigenvalue weighted by atomic mass is 10.1. The van der Waals surface area contributed by atoms with E-state index in [1.165, 1.54) is 4.90 Å². The van der Waals surface area contributed by atoms with E-state index in [-0.39, 0.29) is 12.5 Å². The first-order valence-corrected chi connectivity index (χ1v) is 14.9. The fraction of sp³-hybridized carbons (Fsp3) is 0.417. The Morgan fingerprint density at radius 1 is 1.06 bits per heavy atom. The first kappa shape index (κ1) is 29.7. The topological polar surface area (TPSA) is 86.8 Å². The molecule has 0 aliphatic heterocycles. The molecule has 0 saturated carbocycles. The van der Waals surface area contributed by atoms with Crippen molar-refractivity contribution in [1.29, 1.82) is 0 Å². The molecule has 0 aliphatic carbocycles. The number of nitrogens with zero attached hydrogens (tertiary/aromatic N) is 2. The summed E-state index contributed by atoms with van der Waals surface area (Å²) in [5.74, 6) is -0.847. The standard InChI is InChI=1S/C24H30Cl2IN3O4S/c1-4-6-14-28-24(32)22(5-2)29(15-19-20(25)8-7-9-21(19)26)23(31)16-30(35(3,33)34)18-12-10-17(27)11-13-18/h7-13,22H,4-6,14-16H2,1-3H3,(H,28,32)/t22-/m0/s1. The highest BCUT2D eigenvalue weighted by Crippen LogP contribution is 2.27. The summed E-state index contributed by atoms with van der Waals surface area (Å²) in [6, 6.07) is 11.0.